The lowest BCUT2D eigenvalue weighted by Crippen LogP contribution is -2.43. The van der Waals surface area contributed by atoms with Crippen LogP contribution in [0.3, 0.4) is 0 Å². The summed E-state index contributed by atoms with van der Waals surface area (Å²) in [4.78, 5) is 8.08. The standard InChI is InChI=1S/C29H38ClF4N7O/c1-4-13-41(6-3)28(24(31)5-2)36-19-38-37-17-20-8-10-25(26(30)27(20)42)39-22-9-7-21(23(16-22)29(32,33)34)18-40-14-11-35-12-15-40/h5,7-10,16-17,35,38-39,42H,4,6,11-15,18-19H2,1-3H3/b24-5+,36-28+,37-17+. The molecule has 0 atom stereocenters. The van der Waals surface area contributed by atoms with Crippen LogP contribution in [0, 0.1) is 0 Å². The maximum absolute atomic E-state index is 14.3. The van der Waals surface area contributed by atoms with Gasteiger partial charge < -0.3 is 20.6 Å². The topological polar surface area (TPSA) is 87.5 Å². The van der Waals surface area contributed by atoms with Crippen LogP contribution in [0.2, 0.25) is 5.02 Å². The molecule has 0 amide bonds. The van der Waals surface area contributed by atoms with Crippen molar-refractivity contribution >= 4 is 35.0 Å². The first-order valence-corrected chi connectivity index (χ1v) is 14.3. The lowest BCUT2D eigenvalue weighted by atomic mass is 10.0. The molecule has 1 heterocycles. The lowest BCUT2D eigenvalue weighted by molar-refractivity contribution is -0.138. The number of hydrogen-bond donors (Lipinski definition) is 4. The average Bonchev–Trinajstić information content (AvgIpc) is 2.97. The molecule has 1 saturated heterocycles. The molecule has 8 nitrogen and oxygen atoms in total. The molecule has 13 heteroatoms. The Morgan fingerprint density at radius 3 is 2.57 bits per heavy atom. The van der Waals surface area contributed by atoms with Gasteiger partial charge in [-0.2, -0.15) is 18.3 Å². The van der Waals surface area contributed by atoms with Gasteiger partial charge in [0.1, 0.15) is 17.4 Å². The van der Waals surface area contributed by atoms with Gasteiger partial charge in [0, 0.05) is 57.1 Å². The minimum Gasteiger partial charge on any atom is -0.506 e. The number of amidine groups is 1. The van der Waals surface area contributed by atoms with E-state index in [4.69, 9.17) is 11.6 Å². The van der Waals surface area contributed by atoms with Crippen LogP contribution >= 0.6 is 11.6 Å². The highest BCUT2D eigenvalue weighted by molar-refractivity contribution is 6.35. The van der Waals surface area contributed by atoms with Crippen LogP contribution in [-0.4, -0.2) is 72.9 Å². The zero-order valence-electron chi connectivity index (χ0n) is 24.0. The summed E-state index contributed by atoms with van der Waals surface area (Å²) in [5.41, 5.74) is 2.85. The van der Waals surface area contributed by atoms with Gasteiger partial charge in [0.25, 0.3) is 0 Å². The first-order chi connectivity index (χ1) is 20.1. The second-order valence-corrected chi connectivity index (χ2v) is 10.0. The van der Waals surface area contributed by atoms with Gasteiger partial charge >= 0.3 is 6.18 Å². The molecular weight excluding hydrogens is 574 g/mol. The third-order valence-electron chi connectivity index (χ3n) is 6.68. The number of rotatable bonds is 12. The molecule has 0 spiro atoms. The van der Waals surface area contributed by atoms with E-state index in [1.807, 2.05) is 23.6 Å². The van der Waals surface area contributed by atoms with E-state index >= 15 is 0 Å². The van der Waals surface area contributed by atoms with E-state index in [1.165, 1.54) is 30.5 Å². The number of nitrogens with one attached hydrogen (secondary N) is 3. The molecule has 1 fully saturated rings. The number of benzene rings is 2. The van der Waals surface area contributed by atoms with Crippen molar-refractivity contribution in [2.24, 2.45) is 10.1 Å². The molecule has 0 radical (unpaired) electrons. The molecule has 42 heavy (non-hydrogen) atoms. The summed E-state index contributed by atoms with van der Waals surface area (Å²) in [6.07, 6.45) is -1.02. The molecule has 1 aliphatic rings. The van der Waals surface area contributed by atoms with Crippen LogP contribution in [0.4, 0.5) is 28.9 Å². The molecule has 1 aliphatic heterocycles. The third kappa shape index (κ3) is 9.07. The number of hydrazone groups is 1. The van der Waals surface area contributed by atoms with E-state index < -0.39 is 17.6 Å². The second-order valence-electron chi connectivity index (χ2n) is 9.66. The van der Waals surface area contributed by atoms with Crippen LogP contribution in [0.1, 0.15) is 43.9 Å². The van der Waals surface area contributed by atoms with Gasteiger partial charge in [0.05, 0.1) is 17.5 Å². The Hall–Kier alpha value is -3.35. The number of piperazine rings is 1. The number of halogens is 5. The maximum atomic E-state index is 14.3. The Bertz CT molecular complexity index is 1280. The first kappa shape index (κ1) is 33.2. The number of anilines is 2. The number of phenolic OH excluding ortho intramolecular Hbond substituents is 1. The minimum atomic E-state index is -4.53. The fourth-order valence-corrected chi connectivity index (χ4v) is 4.73. The third-order valence-corrected chi connectivity index (χ3v) is 7.06. The number of alkyl halides is 3. The quantitative estimate of drug-likeness (QED) is 0.0763. The predicted molar refractivity (Wildman–Crippen MR) is 161 cm³/mol. The van der Waals surface area contributed by atoms with E-state index in [1.54, 1.807) is 13.0 Å². The molecule has 0 bridgehead atoms. The van der Waals surface area contributed by atoms with Crippen LogP contribution in [0.15, 0.2) is 52.3 Å². The highest BCUT2D eigenvalue weighted by Crippen LogP contribution is 2.38. The van der Waals surface area contributed by atoms with Crippen LogP contribution in [0.25, 0.3) is 0 Å². The first-order valence-electron chi connectivity index (χ1n) is 13.9. The Morgan fingerprint density at radius 1 is 1.19 bits per heavy atom. The monoisotopic (exact) mass is 611 g/mol. The highest BCUT2D eigenvalue weighted by Gasteiger charge is 2.34. The number of nitrogens with zero attached hydrogens (tertiary/aromatic N) is 4. The van der Waals surface area contributed by atoms with Gasteiger partial charge in [-0.05, 0) is 56.2 Å². The Kier molecular flexibility index (Phi) is 12.4. The average molecular weight is 612 g/mol. The summed E-state index contributed by atoms with van der Waals surface area (Å²) in [5, 5.41) is 20.6. The fraction of sp³-hybridized carbons (Fsp3) is 0.448. The van der Waals surface area contributed by atoms with Crippen molar-refractivity contribution in [3.63, 3.8) is 0 Å². The molecule has 0 saturated carbocycles. The number of hydrogen-bond acceptors (Lipinski definition) is 7. The van der Waals surface area contributed by atoms with Crippen molar-refractivity contribution in [3.05, 3.63) is 63.9 Å². The predicted octanol–water partition coefficient (Wildman–Crippen LogP) is 6.10. The van der Waals surface area contributed by atoms with E-state index in [9.17, 15) is 22.7 Å². The molecule has 2 aromatic rings. The van der Waals surface area contributed by atoms with Gasteiger partial charge in [0.2, 0.25) is 0 Å². The molecule has 0 unspecified atom stereocenters. The number of aliphatic imine (C=N–C) groups is 1. The molecule has 3 rings (SSSR count). The second kappa shape index (κ2) is 15.8. The Morgan fingerprint density at radius 2 is 1.93 bits per heavy atom. The van der Waals surface area contributed by atoms with E-state index in [0.29, 0.717) is 26.2 Å². The van der Waals surface area contributed by atoms with Gasteiger partial charge in [-0.1, -0.05) is 24.6 Å². The van der Waals surface area contributed by atoms with Gasteiger partial charge in [0.15, 0.2) is 11.7 Å². The van der Waals surface area contributed by atoms with E-state index in [0.717, 1.165) is 25.6 Å². The van der Waals surface area contributed by atoms with Gasteiger partial charge in [-0.3, -0.25) is 10.3 Å². The smallest absolute Gasteiger partial charge is 0.416 e. The molecule has 4 N–H and O–H groups in total. The van der Waals surface area contributed by atoms with Crippen molar-refractivity contribution < 1.29 is 22.7 Å². The Balaban J connectivity index is 1.71. The number of aromatic hydroxyl groups is 1. The van der Waals surface area contributed by atoms with Crippen LogP contribution < -0.4 is 16.1 Å². The zero-order valence-corrected chi connectivity index (χ0v) is 24.8. The van der Waals surface area contributed by atoms with Crippen LogP contribution in [0.5, 0.6) is 5.75 Å². The van der Waals surface area contributed by atoms with Crippen molar-refractivity contribution in [2.45, 2.75) is 39.9 Å². The molecule has 2 aromatic carbocycles. The van der Waals surface area contributed by atoms with Crippen molar-refractivity contribution in [3.8, 4) is 5.75 Å². The summed E-state index contributed by atoms with van der Waals surface area (Å²) < 4.78 is 56.1. The summed E-state index contributed by atoms with van der Waals surface area (Å²) in [7, 11) is 0. The summed E-state index contributed by atoms with van der Waals surface area (Å²) >= 11 is 6.35. The number of phenols is 1. The largest absolute Gasteiger partial charge is 0.506 e. The van der Waals surface area contributed by atoms with E-state index in [-0.39, 0.29) is 52.3 Å². The fourth-order valence-electron chi connectivity index (χ4n) is 4.51. The van der Waals surface area contributed by atoms with Gasteiger partial charge in [-0.15, -0.1) is 0 Å². The number of allylic oxidation sites excluding steroid dienone is 1. The van der Waals surface area contributed by atoms with Crippen LogP contribution in [-0.2, 0) is 12.7 Å². The van der Waals surface area contributed by atoms with Crippen molar-refractivity contribution in [1.82, 2.24) is 20.5 Å². The molecular formula is C29H38ClF4N7O. The van der Waals surface area contributed by atoms with Crippen molar-refractivity contribution in [2.75, 3.05) is 51.3 Å². The number of likely N-dealkylation sites (N-methyl/N-ethyl adjacent to an activating group) is 1. The lowest BCUT2D eigenvalue weighted by Gasteiger charge is -2.28. The molecule has 0 aromatic heterocycles. The zero-order chi connectivity index (χ0) is 30.7. The van der Waals surface area contributed by atoms with Crippen molar-refractivity contribution in [1.29, 1.82) is 0 Å². The Labute approximate surface area is 249 Å². The summed E-state index contributed by atoms with van der Waals surface area (Å²) in [6.45, 7) is 9.80. The highest BCUT2D eigenvalue weighted by atomic mass is 35.5. The molecule has 230 valence electrons. The molecule has 0 aliphatic carbocycles. The maximum Gasteiger partial charge on any atom is 0.416 e. The minimum absolute atomic E-state index is 0.00633. The van der Waals surface area contributed by atoms with Gasteiger partial charge in [-0.25, -0.2) is 9.38 Å². The normalized spacial score (nSPS) is 15.3. The SMILES string of the molecule is C/C=C(F)\C(=N/CN/N=C/c1ccc(Nc2ccc(CN3CCNCC3)c(C(F)(F)F)c2)c(Cl)c1O)N(CC)CCC. The summed E-state index contributed by atoms with van der Waals surface area (Å²) in [5.74, 6) is -0.501. The summed E-state index contributed by atoms with van der Waals surface area (Å²) in [6, 6.07) is 7.13. The van der Waals surface area contributed by atoms with E-state index in [2.05, 4.69) is 26.2 Å².